The van der Waals surface area contributed by atoms with Crippen molar-refractivity contribution < 1.29 is 4.90 Å². The molecule has 1 aliphatic carbocycles. The molecule has 1 aliphatic rings. The molecule has 0 amide bonds. The van der Waals surface area contributed by atoms with Crippen LogP contribution in [-0.2, 0) is 25.9 Å². The van der Waals surface area contributed by atoms with Crippen molar-refractivity contribution in [3.8, 4) is 6.07 Å². The Morgan fingerprint density at radius 2 is 2.14 bits per heavy atom. The monoisotopic (exact) mass is 303 g/mol. The summed E-state index contributed by atoms with van der Waals surface area (Å²) in [5.41, 5.74) is 1.16. The van der Waals surface area contributed by atoms with Crippen LogP contribution in [0.4, 0.5) is 0 Å². The van der Waals surface area contributed by atoms with Crippen LogP contribution in [0.3, 0.4) is 0 Å². The molecule has 110 valence electrons. The van der Waals surface area contributed by atoms with E-state index in [4.69, 9.17) is 10.2 Å². The Hall–Kier alpha value is -1.71. The van der Waals surface area contributed by atoms with Gasteiger partial charge in [-0.3, -0.25) is 9.36 Å². The summed E-state index contributed by atoms with van der Waals surface area (Å²) in [6, 6.07) is 2.09. The fraction of sp³-hybridized carbons (Fsp3) is 0.533. The first-order valence-corrected chi connectivity index (χ1v) is 8.13. The second-order valence-corrected chi connectivity index (χ2v) is 6.94. The van der Waals surface area contributed by atoms with Gasteiger partial charge in [0.05, 0.1) is 25.6 Å². The molecule has 0 fully saturated rings. The molecular formula is C15H19N4OS+. The SMILES string of the molecule is C[NH+](C)Cc1nc2sc3c(c2c(=O)n1CC#N)CCCC3. The Bertz CT molecular complexity index is 782. The molecule has 0 aliphatic heterocycles. The lowest BCUT2D eigenvalue weighted by Gasteiger charge is -2.13. The van der Waals surface area contributed by atoms with Crippen molar-refractivity contribution in [3.63, 3.8) is 0 Å². The van der Waals surface area contributed by atoms with Crippen LogP contribution in [0.25, 0.3) is 10.2 Å². The minimum Gasteiger partial charge on any atom is -0.334 e. The van der Waals surface area contributed by atoms with Gasteiger partial charge in [-0.15, -0.1) is 11.3 Å². The van der Waals surface area contributed by atoms with Gasteiger partial charge < -0.3 is 4.90 Å². The molecule has 0 saturated heterocycles. The van der Waals surface area contributed by atoms with Gasteiger partial charge in [-0.05, 0) is 31.2 Å². The molecule has 0 unspecified atom stereocenters. The maximum atomic E-state index is 12.8. The predicted octanol–water partition coefficient (Wildman–Crippen LogP) is 0.505. The van der Waals surface area contributed by atoms with Gasteiger partial charge in [0, 0.05) is 4.88 Å². The molecule has 2 aromatic rings. The Balaban J connectivity index is 2.27. The number of fused-ring (bicyclic) bond motifs is 3. The Labute approximate surface area is 127 Å². The molecule has 0 bridgehead atoms. The number of quaternary nitrogens is 1. The number of hydrogen-bond donors (Lipinski definition) is 1. The second-order valence-electron chi connectivity index (χ2n) is 5.85. The number of nitrogens with one attached hydrogen (secondary N) is 1. The van der Waals surface area contributed by atoms with Crippen molar-refractivity contribution in [1.82, 2.24) is 9.55 Å². The third-order valence-electron chi connectivity index (χ3n) is 3.89. The highest BCUT2D eigenvalue weighted by Gasteiger charge is 2.22. The number of aromatic nitrogens is 2. The zero-order chi connectivity index (χ0) is 15.0. The van der Waals surface area contributed by atoms with Crippen molar-refractivity contribution in [2.75, 3.05) is 14.1 Å². The highest BCUT2D eigenvalue weighted by atomic mass is 32.1. The van der Waals surface area contributed by atoms with Crippen LogP contribution in [0.2, 0.25) is 0 Å². The molecule has 0 atom stereocenters. The van der Waals surface area contributed by atoms with E-state index in [1.165, 1.54) is 21.8 Å². The van der Waals surface area contributed by atoms with Crippen LogP contribution >= 0.6 is 11.3 Å². The molecule has 1 N–H and O–H groups in total. The minimum atomic E-state index is -0.0304. The molecule has 5 nitrogen and oxygen atoms in total. The number of thiophene rings is 1. The van der Waals surface area contributed by atoms with E-state index in [0.29, 0.717) is 12.4 Å². The third-order valence-corrected chi connectivity index (χ3v) is 5.08. The summed E-state index contributed by atoms with van der Waals surface area (Å²) in [4.78, 5) is 20.9. The molecule has 2 heterocycles. The number of nitrogens with zero attached hydrogens (tertiary/aromatic N) is 3. The molecule has 0 radical (unpaired) electrons. The summed E-state index contributed by atoms with van der Waals surface area (Å²) in [5, 5.41) is 9.79. The molecule has 2 aromatic heterocycles. The van der Waals surface area contributed by atoms with Crippen molar-refractivity contribution in [2.45, 2.75) is 38.8 Å². The minimum absolute atomic E-state index is 0.0304. The van der Waals surface area contributed by atoms with E-state index in [9.17, 15) is 4.79 Å². The normalized spacial score (nSPS) is 14.4. The lowest BCUT2D eigenvalue weighted by Crippen LogP contribution is -3.04. The van der Waals surface area contributed by atoms with Gasteiger partial charge in [-0.1, -0.05) is 0 Å². The summed E-state index contributed by atoms with van der Waals surface area (Å²) in [5.74, 6) is 0.715. The number of hydrogen-bond acceptors (Lipinski definition) is 4. The van der Waals surface area contributed by atoms with Crippen molar-refractivity contribution in [1.29, 1.82) is 5.26 Å². The fourth-order valence-electron chi connectivity index (χ4n) is 2.97. The average molecular weight is 303 g/mol. The van der Waals surface area contributed by atoms with E-state index in [-0.39, 0.29) is 12.1 Å². The Morgan fingerprint density at radius 3 is 2.86 bits per heavy atom. The summed E-state index contributed by atoms with van der Waals surface area (Å²) in [6.45, 7) is 0.727. The largest absolute Gasteiger partial charge is 0.334 e. The zero-order valence-electron chi connectivity index (χ0n) is 12.4. The van der Waals surface area contributed by atoms with Gasteiger partial charge in [0.2, 0.25) is 0 Å². The smallest absolute Gasteiger partial charge is 0.263 e. The van der Waals surface area contributed by atoms with Gasteiger partial charge >= 0.3 is 0 Å². The van der Waals surface area contributed by atoms with Crippen molar-refractivity contribution in [2.24, 2.45) is 0 Å². The van der Waals surface area contributed by atoms with E-state index in [1.54, 1.807) is 15.9 Å². The highest BCUT2D eigenvalue weighted by molar-refractivity contribution is 7.18. The van der Waals surface area contributed by atoms with Crippen LogP contribution in [0.5, 0.6) is 0 Å². The molecule has 6 heteroatoms. The number of aryl methyl sites for hydroxylation is 2. The molecule has 0 spiro atoms. The van der Waals surface area contributed by atoms with Crippen LogP contribution in [0, 0.1) is 11.3 Å². The van der Waals surface area contributed by atoms with Gasteiger partial charge in [-0.2, -0.15) is 5.26 Å². The number of nitriles is 1. The van der Waals surface area contributed by atoms with Crippen molar-refractivity contribution in [3.05, 3.63) is 26.6 Å². The van der Waals surface area contributed by atoms with E-state index < -0.39 is 0 Å². The predicted molar refractivity (Wildman–Crippen MR) is 82.6 cm³/mol. The first kappa shape index (κ1) is 14.2. The van der Waals surface area contributed by atoms with Gasteiger partial charge in [0.1, 0.15) is 17.9 Å². The summed E-state index contributed by atoms with van der Waals surface area (Å²) in [6.07, 6.45) is 4.36. The highest BCUT2D eigenvalue weighted by Crippen LogP contribution is 2.33. The topological polar surface area (TPSA) is 63.1 Å². The first-order chi connectivity index (χ1) is 10.1. The fourth-order valence-corrected chi connectivity index (χ4v) is 4.24. The number of rotatable bonds is 3. The average Bonchev–Trinajstić information content (AvgIpc) is 2.80. The van der Waals surface area contributed by atoms with E-state index in [2.05, 4.69) is 6.07 Å². The first-order valence-electron chi connectivity index (χ1n) is 7.31. The summed E-state index contributed by atoms with van der Waals surface area (Å²) in [7, 11) is 4.04. The van der Waals surface area contributed by atoms with Gasteiger partial charge in [-0.25, -0.2) is 4.98 Å². The third kappa shape index (κ3) is 2.47. The Kier molecular flexibility index (Phi) is 3.79. The molecule has 0 aromatic carbocycles. The summed E-state index contributed by atoms with van der Waals surface area (Å²) < 4.78 is 1.55. The second kappa shape index (κ2) is 5.58. The zero-order valence-corrected chi connectivity index (χ0v) is 13.2. The van der Waals surface area contributed by atoms with Crippen LogP contribution in [0.15, 0.2) is 4.79 Å². The lowest BCUT2D eigenvalue weighted by atomic mass is 9.97. The van der Waals surface area contributed by atoms with Gasteiger partial charge in [0.15, 0.2) is 5.82 Å². The van der Waals surface area contributed by atoms with Gasteiger partial charge in [0.25, 0.3) is 5.56 Å². The Morgan fingerprint density at radius 1 is 1.38 bits per heavy atom. The maximum Gasteiger partial charge on any atom is 0.263 e. The van der Waals surface area contributed by atoms with E-state index in [1.807, 2.05) is 14.1 Å². The van der Waals surface area contributed by atoms with Crippen LogP contribution in [-0.4, -0.2) is 23.6 Å². The maximum absolute atomic E-state index is 12.8. The van der Waals surface area contributed by atoms with E-state index >= 15 is 0 Å². The quantitative estimate of drug-likeness (QED) is 0.898. The standard InChI is InChI=1S/C15H18N4OS/c1-18(2)9-12-17-14-13(15(20)19(12)8-7-16)10-5-3-4-6-11(10)21-14/h3-6,8-9H2,1-2H3/p+1. The molecule has 0 saturated carbocycles. The van der Waals surface area contributed by atoms with Crippen LogP contribution < -0.4 is 10.5 Å². The van der Waals surface area contributed by atoms with Crippen molar-refractivity contribution >= 4 is 21.6 Å². The summed E-state index contributed by atoms with van der Waals surface area (Å²) >= 11 is 1.67. The molecule has 21 heavy (non-hydrogen) atoms. The van der Waals surface area contributed by atoms with Crippen LogP contribution in [0.1, 0.15) is 29.1 Å². The van der Waals surface area contributed by atoms with E-state index in [0.717, 1.165) is 29.5 Å². The molecular weight excluding hydrogens is 284 g/mol. The molecule has 3 rings (SSSR count). The lowest BCUT2D eigenvalue weighted by molar-refractivity contribution is -0.873.